The Balaban J connectivity index is 1.39. The Morgan fingerprint density at radius 2 is 1.87 bits per heavy atom. The summed E-state index contributed by atoms with van der Waals surface area (Å²) in [5, 5.41) is 10.9. The molecule has 1 amide bonds. The normalized spacial score (nSPS) is 19.7. The lowest BCUT2D eigenvalue weighted by Crippen LogP contribution is -2.32. The summed E-state index contributed by atoms with van der Waals surface area (Å²) in [5.41, 5.74) is 5.64. The molecule has 7 heteroatoms. The van der Waals surface area contributed by atoms with Crippen molar-refractivity contribution in [2.45, 2.75) is 88.8 Å². The van der Waals surface area contributed by atoms with Crippen molar-refractivity contribution in [2.24, 2.45) is 5.92 Å². The second-order valence-electron chi connectivity index (χ2n) is 11.0. The third-order valence-corrected chi connectivity index (χ3v) is 9.35. The average Bonchev–Trinajstić information content (AvgIpc) is 3.58. The van der Waals surface area contributed by atoms with E-state index in [9.17, 15) is 14.1 Å². The van der Waals surface area contributed by atoms with Crippen molar-refractivity contribution in [2.75, 3.05) is 4.90 Å². The van der Waals surface area contributed by atoms with Crippen LogP contribution in [0.25, 0.3) is 0 Å². The van der Waals surface area contributed by atoms with Crippen molar-refractivity contribution in [1.82, 2.24) is 9.71 Å². The number of aliphatic hydroxyl groups excluding tert-OH is 1. The standard InChI is InChI=1S/C32H39N3O3S/c1-3-23-11-16-28(17-12-23)39(38)34-32-29-20-27(15-14-25(29)19-30(32)36)35(21-26-10-6-7-22(2)33-26)31(37)18-13-24-8-4-5-9-24/h6-7,10-12,14-17,20,24,30,32,34,36H,3-5,8-9,13,18-19,21H2,1-2H3/t30-,32?,39?/m1/s1. The van der Waals surface area contributed by atoms with Crippen molar-refractivity contribution in [3.63, 3.8) is 0 Å². The van der Waals surface area contributed by atoms with E-state index in [4.69, 9.17) is 0 Å². The van der Waals surface area contributed by atoms with Crippen LogP contribution in [0.3, 0.4) is 0 Å². The van der Waals surface area contributed by atoms with Crippen LogP contribution in [0.5, 0.6) is 0 Å². The number of aromatic nitrogens is 1. The Morgan fingerprint density at radius 1 is 1.10 bits per heavy atom. The molecule has 1 fully saturated rings. The maximum Gasteiger partial charge on any atom is 0.227 e. The third-order valence-electron chi connectivity index (χ3n) is 8.18. The molecule has 2 N–H and O–H groups in total. The molecule has 0 spiro atoms. The molecule has 206 valence electrons. The zero-order valence-electron chi connectivity index (χ0n) is 22.9. The number of rotatable bonds is 10. The molecule has 1 aromatic heterocycles. The lowest BCUT2D eigenvalue weighted by molar-refractivity contribution is -0.119. The molecule has 3 aromatic rings. The van der Waals surface area contributed by atoms with Gasteiger partial charge in [0, 0.05) is 24.2 Å². The fraction of sp³-hybridized carbons (Fsp3) is 0.438. The molecular weight excluding hydrogens is 506 g/mol. The molecule has 5 rings (SSSR count). The highest BCUT2D eigenvalue weighted by Crippen LogP contribution is 2.36. The van der Waals surface area contributed by atoms with Crippen molar-refractivity contribution < 1.29 is 14.1 Å². The van der Waals surface area contributed by atoms with Gasteiger partial charge in [0.15, 0.2) is 0 Å². The van der Waals surface area contributed by atoms with Crippen molar-refractivity contribution in [1.29, 1.82) is 0 Å². The second-order valence-corrected chi connectivity index (χ2v) is 12.2. The maximum absolute atomic E-state index is 13.6. The Kier molecular flexibility index (Phi) is 8.90. The fourth-order valence-corrected chi connectivity index (χ4v) is 6.92. The Labute approximate surface area is 234 Å². The second kappa shape index (κ2) is 12.5. The van der Waals surface area contributed by atoms with Crippen LogP contribution in [-0.2, 0) is 35.2 Å². The van der Waals surface area contributed by atoms with Gasteiger partial charge in [-0.05, 0) is 78.8 Å². The van der Waals surface area contributed by atoms with E-state index >= 15 is 0 Å². The minimum absolute atomic E-state index is 0.0906. The number of aryl methyl sites for hydroxylation is 2. The molecule has 1 heterocycles. The molecule has 1 saturated carbocycles. The number of anilines is 1. The number of pyridine rings is 1. The van der Waals surface area contributed by atoms with Crippen LogP contribution < -0.4 is 9.62 Å². The summed E-state index contributed by atoms with van der Waals surface area (Å²) >= 11 is 0. The van der Waals surface area contributed by atoms with E-state index < -0.39 is 23.1 Å². The Morgan fingerprint density at radius 3 is 2.59 bits per heavy atom. The average molecular weight is 546 g/mol. The van der Waals surface area contributed by atoms with E-state index in [1.807, 2.05) is 72.5 Å². The first-order valence-corrected chi connectivity index (χ1v) is 15.4. The van der Waals surface area contributed by atoms with Crippen LogP contribution in [-0.4, -0.2) is 26.3 Å². The van der Waals surface area contributed by atoms with Crippen molar-refractivity contribution >= 4 is 22.6 Å². The van der Waals surface area contributed by atoms with Gasteiger partial charge < -0.3 is 10.0 Å². The van der Waals surface area contributed by atoms with Crippen LogP contribution in [0.4, 0.5) is 5.69 Å². The number of hydrogen-bond acceptors (Lipinski definition) is 4. The van der Waals surface area contributed by atoms with Crippen LogP contribution in [0.2, 0.25) is 0 Å². The van der Waals surface area contributed by atoms with Crippen molar-refractivity contribution in [3.05, 3.63) is 88.7 Å². The number of fused-ring (bicyclic) bond motifs is 1. The number of amides is 1. The first kappa shape index (κ1) is 27.7. The molecule has 2 aromatic carbocycles. The minimum atomic E-state index is -1.48. The van der Waals surface area contributed by atoms with E-state index in [2.05, 4.69) is 16.6 Å². The summed E-state index contributed by atoms with van der Waals surface area (Å²) in [6.45, 7) is 4.43. The van der Waals surface area contributed by atoms with Gasteiger partial charge in [0.2, 0.25) is 5.91 Å². The Bertz CT molecular complexity index is 1320. The largest absolute Gasteiger partial charge is 0.391 e. The maximum atomic E-state index is 13.6. The third kappa shape index (κ3) is 6.65. The summed E-state index contributed by atoms with van der Waals surface area (Å²) in [5.74, 6) is 0.728. The number of carbonyl (C=O) groups excluding carboxylic acids is 1. The highest BCUT2D eigenvalue weighted by atomic mass is 32.2. The highest BCUT2D eigenvalue weighted by Gasteiger charge is 2.33. The Hall–Kier alpha value is -2.87. The number of nitrogens with zero attached hydrogens (tertiary/aromatic N) is 2. The summed E-state index contributed by atoms with van der Waals surface area (Å²) in [4.78, 5) is 20.8. The van der Waals surface area contributed by atoms with Gasteiger partial charge in [-0.1, -0.05) is 56.9 Å². The summed E-state index contributed by atoms with van der Waals surface area (Å²) in [6, 6.07) is 19.1. The molecule has 3 atom stereocenters. The monoisotopic (exact) mass is 545 g/mol. The van der Waals surface area contributed by atoms with E-state index in [1.54, 1.807) is 0 Å². The molecule has 0 bridgehead atoms. The number of nitrogens with one attached hydrogen (secondary N) is 1. The van der Waals surface area contributed by atoms with Gasteiger partial charge >= 0.3 is 0 Å². The van der Waals surface area contributed by atoms with Crippen LogP contribution in [0.1, 0.15) is 79.6 Å². The molecule has 0 saturated heterocycles. The number of carbonyl (C=O) groups is 1. The SMILES string of the molecule is CCc1ccc(S(=O)NC2c3cc(N(Cc4cccc(C)n4)C(=O)CCC4CCCC4)ccc3C[C@H]2O)cc1. The summed E-state index contributed by atoms with van der Waals surface area (Å²) in [7, 11) is -1.48. The topological polar surface area (TPSA) is 82.5 Å². The van der Waals surface area contributed by atoms with Gasteiger partial charge in [-0.2, -0.15) is 0 Å². The van der Waals surface area contributed by atoms with Gasteiger partial charge in [0.25, 0.3) is 0 Å². The van der Waals surface area contributed by atoms with Crippen molar-refractivity contribution in [3.8, 4) is 0 Å². The molecule has 0 radical (unpaired) electrons. The number of hydrogen-bond donors (Lipinski definition) is 2. The van der Waals surface area contributed by atoms with E-state index in [1.165, 1.54) is 31.2 Å². The van der Waals surface area contributed by atoms with Crippen LogP contribution >= 0.6 is 0 Å². The molecule has 2 unspecified atom stereocenters. The molecule has 6 nitrogen and oxygen atoms in total. The zero-order chi connectivity index (χ0) is 27.4. The predicted octanol–water partition coefficient (Wildman–Crippen LogP) is 5.73. The van der Waals surface area contributed by atoms with Crippen LogP contribution in [0.15, 0.2) is 65.6 Å². The van der Waals surface area contributed by atoms with E-state index in [0.29, 0.717) is 30.2 Å². The molecular formula is C32H39N3O3S. The van der Waals surface area contributed by atoms with Gasteiger partial charge in [-0.25, -0.2) is 8.93 Å². The van der Waals surface area contributed by atoms with E-state index in [0.717, 1.165) is 41.0 Å². The molecule has 2 aliphatic carbocycles. The first-order valence-electron chi connectivity index (χ1n) is 14.2. The molecule has 39 heavy (non-hydrogen) atoms. The van der Waals surface area contributed by atoms with Gasteiger partial charge in [-0.3, -0.25) is 9.78 Å². The lowest BCUT2D eigenvalue weighted by atomic mass is 10.0. The lowest BCUT2D eigenvalue weighted by Gasteiger charge is -2.25. The van der Waals surface area contributed by atoms with Gasteiger partial charge in [0.1, 0.15) is 11.0 Å². The minimum Gasteiger partial charge on any atom is -0.391 e. The molecule has 0 aliphatic heterocycles. The van der Waals surface area contributed by atoms with Crippen LogP contribution in [0, 0.1) is 12.8 Å². The first-order chi connectivity index (χ1) is 18.9. The molecule has 2 aliphatic rings. The van der Waals surface area contributed by atoms with Gasteiger partial charge in [-0.15, -0.1) is 0 Å². The highest BCUT2D eigenvalue weighted by molar-refractivity contribution is 7.83. The summed E-state index contributed by atoms with van der Waals surface area (Å²) < 4.78 is 16.3. The predicted molar refractivity (Wildman–Crippen MR) is 156 cm³/mol. The fourth-order valence-electron chi connectivity index (χ4n) is 5.88. The number of benzene rings is 2. The zero-order valence-corrected chi connectivity index (χ0v) is 23.8. The quantitative estimate of drug-likeness (QED) is 0.341. The number of aliphatic hydroxyl groups is 1. The smallest absolute Gasteiger partial charge is 0.227 e. The van der Waals surface area contributed by atoms with Gasteiger partial charge in [0.05, 0.1) is 29.3 Å². The summed E-state index contributed by atoms with van der Waals surface area (Å²) in [6.07, 6.45) is 7.10. The van der Waals surface area contributed by atoms with E-state index in [-0.39, 0.29) is 5.91 Å².